The van der Waals surface area contributed by atoms with E-state index in [0.29, 0.717) is 0 Å². The predicted molar refractivity (Wildman–Crippen MR) is 27.4 cm³/mol. The van der Waals surface area contributed by atoms with E-state index in [4.69, 9.17) is 10.8 Å². The number of carboxylic acid groups (broad SMARTS) is 1. The Kier molecular flexibility index (Phi) is 1.41. The Morgan fingerprint density at radius 1 is 1.67 bits per heavy atom. The number of nitrogens with two attached hydrogens (primary N) is 1. The number of aliphatic carboxylic acids is 1. The molecule has 0 saturated heterocycles. The van der Waals surface area contributed by atoms with Gasteiger partial charge in [0.05, 0.1) is 0 Å². The lowest BCUT2D eigenvalue weighted by molar-refractivity contribution is -0.139. The van der Waals surface area contributed by atoms with Gasteiger partial charge in [-0.2, -0.15) is 10.2 Å². The molecule has 4 N–H and O–H groups in total. The van der Waals surface area contributed by atoms with Gasteiger partial charge in [0.25, 0.3) is 0 Å². The molecule has 6 nitrogen and oxygen atoms in total. The largest absolute Gasteiger partial charge is 0.479 e. The number of nitrogens with zero attached hydrogens (tertiary/aromatic N) is 2. The summed E-state index contributed by atoms with van der Waals surface area (Å²) in [6.45, 7) is 0. The zero-order chi connectivity index (χ0) is 6.85. The van der Waals surface area contributed by atoms with Crippen molar-refractivity contribution < 1.29 is 9.90 Å². The molecule has 1 aliphatic rings. The molecule has 0 aromatic carbocycles. The summed E-state index contributed by atoms with van der Waals surface area (Å²) < 4.78 is 0. The fourth-order valence-corrected chi connectivity index (χ4v) is 0.488. The third-order valence-corrected chi connectivity index (χ3v) is 0.869. The van der Waals surface area contributed by atoms with Crippen LogP contribution in [-0.4, -0.2) is 23.5 Å². The average Bonchev–Trinajstić information content (AvgIpc) is 2.14. The van der Waals surface area contributed by atoms with Crippen molar-refractivity contribution in [2.45, 2.75) is 12.5 Å². The summed E-state index contributed by atoms with van der Waals surface area (Å²) >= 11 is 0. The van der Waals surface area contributed by atoms with Gasteiger partial charge < -0.3 is 5.11 Å². The van der Waals surface area contributed by atoms with Crippen molar-refractivity contribution in [3.05, 3.63) is 0 Å². The minimum absolute atomic E-state index is 0.661. The molecular formula is C3H6N4O2. The molecule has 0 fully saturated rings. The molecule has 0 bridgehead atoms. The van der Waals surface area contributed by atoms with Crippen LogP contribution in [0.3, 0.4) is 0 Å². The Labute approximate surface area is 50.8 Å². The van der Waals surface area contributed by atoms with E-state index in [1.807, 2.05) is 0 Å². The molecule has 0 amide bonds. The van der Waals surface area contributed by atoms with Crippen LogP contribution in [0.2, 0.25) is 0 Å². The third-order valence-electron chi connectivity index (χ3n) is 0.869. The van der Waals surface area contributed by atoms with E-state index in [1.54, 1.807) is 0 Å². The van der Waals surface area contributed by atoms with Gasteiger partial charge in [0, 0.05) is 0 Å². The van der Waals surface area contributed by atoms with Gasteiger partial charge >= 0.3 is 5.97 Å². The first-order valence-electron chi connectivity index (χ1n) is 2.34. The number of carboxylic acids is 1. The molecule has 2 unspecified atom stereocenters. The molecule has 1 aliphatic heterocycles. The van der Waals surface area contributed by atoms with Crippen LogP contribution in [0, 0.1) is 0 Å². The molecule has 0 radical (unpaired) electrons. The highest BCUT2D eigenvalue weighted by atomic mass is 16.4. The van der Waals surface area contributed by atoms with E-state index in [0.717, 1.165) is 0 Å². The molecule has 1 heterocycles. The molecule has 9 heavy (non-hydrogen) atoms. The maximum Gasteiger partial charge on any atom is 0.345 e. The van der Waals surface area contributed by atoms with Crippen molar-refractivity contribution >= 4 is 5.97 Å². The van der Waals surface area contributed by atoms with Gasteiger partial charge in [-0.3, -0.25) is 5.73 Å². The zero-order valence-corrected chi connectivity index (χ0v) is 4.48. The Hall–Kier alpha value is -1.01. The molecule has 6 heteroatoms. The summed E-state index contributed by atoms with van der Waals surface area (Å²) in [5, 5.41) is 17.3. The Morgan fingerprint density at radius 2 is 2.33 bits per heavy atom. The lowest BCUT2D eigenvalue weighted by Crippen LogP contribution is -2.40. The van der Waals surface area contributed by atoms with Crippen LogP contribution in [0.1, 0.15) is 0 Å². The highest BCUT2D eigenvalue weighted by Gasteiger charge is 2.23. The van der Waals surface area contributed by atoms with Gasteiger partial charge in [0.1, 0.15) is 0 Å². The smallest absolute Gasteiger partial charge is 0.345 e. The van der Waals surface area contributed by atoms with Crippen LogP contribution < -0.4 is 11.1 Å². The van der Waals surface area contributed by atoms with Gasteiger partial charge in [-0.05, 0) is 0 Å². The maximum atomic E-state index is 10.1. The van der Waals surface area contributed by atoms with Gasteiger partial charge in [0.15, 0.2) is 6.29 Å². The molecule has 0 aromatic heterocycles. The number of azo groups is 1. The SMILES string of the molecule is NC1N=NC(C(=O)O)N1. The molecule has 50 valence electrons. The van der Waals surface area contributed by atoms with Crippen molar-refractivity contribution in [2.75, 3.05) is 0 Å². The standard InChI is InChI=1S/C3H6N4O2/c4-3-5-1(2(8)9)6-7-3/h1,3,5H,4H2,(H,8,9). The van der Waals surface area contributed by atoms with Crippen LogP contribution in [0.15, 0.2) is 10.2 Å². The van der Waals surface area contributed by atoms with Crippen LogP contribution in [0.4, 0.5) is 0 Å². The Bertz CT molecular complexity index is 156. The Balaban J connectivity index is 2.50. The van der Waals surface area contributed by atoms with Gasteiger partial charge in [-0.1, -0.05) is 0 Å². The minimum Gasteiger partial charge on any atom is -0.479 e. The lowest BCUT2D eigenvalue weighted by atomic mass is 10.5. The highest BCUT2D eigenvalue weighted by molar-refractivity contribution is 5.73. The van der Waals surface area contributed by atoms with E-state index >= 15 is 0 Å². The maximum absolute atomic E-state index is 10.1. The Morgan fingerprint density at radius 3 is 2.56 bits per heavy atom. The van der Waals surface area contributed by atoms with Gasteiger partial charge in [-0.15, -0.1) is 0 Å². The first-order valence-corrected chi connectivity index (χ1v) is 2.34. The number of carbonyl (C=O) groups is 1. The molecule has 0 spiro atoms. The number of hydrogen-bond donors (Lipinski definition) is 3. The normalized spacial score (nSPS) is 33.0. The number of rotatable bonds is 1. The van der Waals surface area contributed by atoms with E-state index in [1.165, 1.54) is 0 Å². The topological polar surface area (TPSA) is 100 Å². The van der Waals surface area contributed by atoms with Crippen LogP contribution in [-0.2, 0) is 4.79 Å². The fourth-order valence-electron chi connectivity index (χ4n) is 0.488. The van der Waals surface area contributed by atoms with E-state index in [9.17, 15) is 4.79 Å². The monoisotopic (exact) mass is 130 g/mol. The quantitative estimate of drug-likeness (QED) is 0.410. The van der Waals surface area contributed by atoms with Crippen LogP contribution >= 0.6 is 0 Å². The summed E-state index contributed by atoms with van der Waals surface area (Å²) in [7, 11) is 0. The van der Waals surface area contributed by atoms with E-state index in [2.05, 4.69) is 15.5 Å². The second-order valence-electron chi connectivity index (χ2n) is 1.58. The molecular weight excluding hydrogens is 124 g/mol. The predicted octanol–water partition coefficient (Wildman–Crippen LogP) is -1.31. The van der Waals surface area contributed by atoms with Gasteiger partial charge in [-0.25, -0.2) is 10.1 Å². The average molecular weight is 130 g/mol. The van der Waals surface area contributed by atoms with Crippen molar-refractivity contribution in [3.8, 4) is 0 Å². The van der Waals surface area contributed by atoms with Crippen molar-refractivity contribution in [1.82, 2.24) is 5.32 Å². The second kappa shape index (κ2) is 2.08. The van der Waals surface area contributed by atoms with E-state index < -0.39 is 18.4 Å². The minimum atomic E-state index is -1.06. The third kappa shape index (κ3) is 1.21. The van der Waals surface area contributed by atoms with Gasteiger partial charge in [0.2, 0.25) is 6.17 Å². The highest BCUT2D eigenvalue weighted by Crippen LogP contribution is 1.97. The summed E-state index contributed by atoms with van der Waals surface area (Å²) in [6, 6.07) is 0. The van der Waals surface area contributed by atoms with Crippen molar-refractivity contribution in [3.63, 3.8) is 0 Å². The first kappa shape index (κ1) is 6.12. The number of hydrogen-bond acceptors (Lipinski definition) is 5. The summed E-state index contributed by atoms with van der Waals surface area (Å²) in [4.78, 5) is 10.1. The molecule has 2 atom stereocenters. The molecule has 0 aliphatic carbocycles. The fraction of sp³-hybridized carbons (Fsp3) is 0.667. The molecule has 0 aromatic rings. The van der Waals surface area contributed by atoms with E-state index in [-0.39, 0.29) is 0 Å². The van der Waals surface area contributed by atoms with Crippen LogP contribution in [0.5, 0.6) is 0 Å². The summed E-state index contributed by atoms with van der Waals surface area (Å²) in [5.41, 5.74) is 5.13. The summed E-state index contributed by atoms with van der Waals surface area (Å²) in [5.74, 6) is -1.06. The molecule has 1 rings (SSSR count). The summed E-state index contributed by atoms with van der Waals surface area (Å²) in [6.07, 6.45) is -1.62. The molecule has 0 saturated carbocycles. The van der Waals surface area contributed by atoms with Crippen molar-refractivity contribution in [1.29, 1.82) is 0 Å². The zero-order valence-electron chi connectivity index (χ0n) is 4.48. The number of nitrogens with one attached hydrogen (secondary N) is 1. The first-order chi connectivity index (χ1) is 4.20. The van der Waals surface area contributed by atoms with Crippen molar-refractivity contribution in [2.24, 2.45) is 16.0 Å². The second-order valence-corrected chi connectivity index (χ2v) is 1.58. The lowest BCUT2D eigenvalue weighted by Gasteiger charge is -1.99. The van der Waals surface area contributed by atoms with Crippen LogP contribution in [0.25, 0.3) is 0 Å².